The van der Waals surface area contributed by atoms with Crippen LogP contribution < -0.4 is 4.74 Å². The van der Waals surface area contributed by atoms with Gasteiger partial charge in [-0.15, -0.1) is 0 Å². The van der Waals surface area contributed by atoms with Crippen molar-refractivity contribution in [2.24, 2.45) is 5.41 Å². The number of carbonyl (C=O) groups excluding carboxylic acids is 1. The van der Waals surface area contributed by atoms with Gasteiger partial charge in [0, 0.05) is 42.9 Å². The van der Waals surface area contributed by atoms with Crippen molar-refractivity contribution in [3.05, 3.63) is 69.8 Å². The molecular weight excluding hydrogens is 406 g/mol. The summed E-state index contributed by atoms with van der Waals surface area (Å²) in [5, 5.41) is 10.8. The van der Waals surface area contributed by atoms with Gasteiger partial charge < -0.3 is 9.64 Å². The highest BCUT2D eigenvalue weighted by Gasteiger charge is 2.38. The number of nitrogens with zero attached hydrogens (tertiary/aromatic N) is 3. The first-order chi connectivity index (χ1) is 15.5. The third-order valence-corrected chi connectivity index (χ3v) is 7.02. The molecule has 2 fully saturated rings. The highest BCUT2D eigenvalue weighted by molar-refractivity contribution is 5.94. The van der Waals surface area contributed by atoms with Crippen molar-refractivity contribution in [3.63, 3.8) is 0 Å². The molecule has 0 unspecified atom stereocenters. The summed E-state index contributed by atoms with van der Waals surface area (Å²) in [5.74, 6) is 0.952. The molecule has 0 aromatic heterocycles. The van der Waals surface area contributed by atoms with Gasteiger partial charge in [-0.1, -0.05) is 18.2 Å². The van der Waals surface area contributed by atoms with Gasteiger partial charge in [0.05, 0.1) is 11.5 Å². The minimum absolute atomic E-state index is 0.00906. The van der Waals surface area contributed by atoms with E-state index in [1.165, 1.54) is 17.7 Å². The van der Waals surface area contributed by atoms with Crippen LogP contribution in [-0.4, -0.2) is 53.4 Å². The number of hydrogen-bond donors (Lipinski definition) is 0. The lowest BCUT2D eigenvalue weighted by Crippen LogP contribution is -2.48. The fourth-order valence-corrected chi connectivity index (χ4v) is 4.95. The predicted molar refractivity (Wildman–Crippen MR) is 123 cm³/mol. The second-order valence-corrected chi connectivity index (χ2v) is 8.91. The summed E-state index contributed by atoms with van der Waals surface area (Å²) in [5.41, 5.74) is 2.10. The molecule has 0 radical (unpaired) electrons. The van der Waals surface area contributed by atoms with Crippen LogP contribution in [0.4, 0.5) is 5.69 Å². The van der Waals surface area contributed by atoms with Crippen LogP contribution in [0.3, 0.4) is 0 Å². The molecule has 0 saturated carbocycles. The Hall–Kier alpha value is -2.93. The number of nitro benzene ring substituents is 1. The minimum atomic E-state index is -0.444. The Balaban J connectivity index is 1.29. The standard InChI is InChI=1S/C25H31N3O4/c1-2-32-23-6-4-3-5-21(23)19-26-15-11-25(12-16-26)13-17-27(18-14-25)24(29)20-7-9-22(10-8-20)28(30)31/h3-10H,2,11-19H2,1H3. The zero-order valence-electron chi connectivity index (χ0n) is 18.7. The first kappa shape index (κ1) is 22.3. The van der Waals surface area contributed by atoms with Gasteiger partial charge in [0.2, 0.25) is 0 Å². The van der Waals surface area contributed by atoms with Gasteiger partial charge in [0.25, 0.3) is 11.6 Å². The molecule has 7 nitrogen and oxygen atoms in total. The Morgan fingerprint density at radius 1 is 1.00 bits per heavy atom. The van der Waals surface area contributed by atoms with E-state index in [-0.39, 0.29) is 11.6 Å². The molecule has 0 atom stereocenters. The van der Waals surface area contributed by atoms with Crippen molar-refractivity contribution in [2.45, 2.75) is 39.2 Å². The van der Waals surface area contributed by atoms with Crippen LogP contribution in [0.15, 0.2) is 48.5 Å². The van der Waals surface area contributed by atoms with Gasteiger partial charge in [0.1, 0.15) is 5.75 Å². The SMILES string of the molecule is CCOc1ccccc1CN1CCC2(CC1)CCN(C(=O)c1ccc([N+](=O)[O-])cc1)CC2. The predicted octanol–water partition coefficient (Wildman–Crippen LogP) is 4.51. The quantitative estimate of drug-likeness (QED) is 0.491. The van der Waals surface area contributed by atoms with Crippen molar-refractivity contribution in [3.8, 4) is 5.75 Å². The molecule has 1 amide bonds. The van der Waals surface area contributed by atoms with Crippen LogP contribution in [0.2, 0.25) is 0 Å². The molecule has 2 aliphatic rings. The van der Waals surface area contributed by atoms with Crippen molar-refractivity contribution in [1.29, 1.82) is 0 Å². The fraction of sp³-hybridized carbons (Fsp3) is 0.480. The maximum absolute atomic E-state index is 12.8. The van der Waals surface area contributed by atoms with E-state index in [2.05, 4.69) is 17.0 Å². The lowest BCUT2D eigenvalue weighted by molar-refractivity contribution is -0.384. The highest BCUT2D eigenvalue weighted by Crippen LogP contribution is 2.42. The maximum Gasteiger partial charge on any atom is 0.269 e. The number of likely N-dealkylation sites (tertiary alicyclic amines) is 2. The first-order valence-electron chi connectivity index (χ1n) is 11.5. The summed E-state index contributed by atoms with van der Waals surface area (Å²) < 4.78 is 5.78. The summed E-state index contributed by atoms with van der Waals surface area (Å²) in [4.78, 5) is 27.6. The molecule has 2 aliphatic heterocycles. The average Bonchev–Trinajstić information content (AvgIpc) is 2.82. The van der Waals surface area contributed by atoms with Gasteiger partial charge in [0.15, 0.2) is 0 Å². The van der Waals surface area contributed by atoms with E-state index < -0.39 is 4.92 Å². The fourth-order valence-electron chi connectivity index (χ4n) is 4.95. The number of ether oxygens (including phenoxy) is 1. The van der Waals surface area contributed by atoms with Gasteiger partial charge in [-0.25, -0.2) is 0 Å². The molecule has 2 saturated heterocycles. The lowest BCUT2D eigenvalue weighted by Gasteiger charge is -2.47. The van der Waals surface area contributed by atoms with E-state index in [0.717, 1.165) is 64.2 Å². The molecule has 170 valence electrons. The molecule has 4 rings (SSSR count). The van der Waals surface area contributed by atoms with Crippen LogP contribution in [0.1, 0.15) is 48.5 Å². The van der Waals surface area contributed by atoms with Gasteiger partial charge >= 0.3 is 0 Å². The number of piperidine rings is 2. The zero-order valence-corrected chi connectivity index (χ0v) is 18.7. The Kier molecular flexibility index (Phi) is 6.74. The van der Waals surface area contributed by atoms with Crippen molar-refractivity contribution in [2.75, 3.05) is 32.8 Å². The monoisotopic (exact) mass is 437 g/mol. The summed E-state index contributed by atoms with van der Waals surface area (Å²) in [6.45, 7) is 7.24. The van der Waals surface area contributed by atoms with Crippen LogP contribution in [-0.2, 0) is 6.54 Å². The first-order valence-corrected chi connectivity index (χ1v) is 11.5. The highest BCUT2D eigenvalue weighted by atomic mass is 16.6. The van der Waals surface area contributed by atoms with Gasteiger partial charge in [-0.3, -0.25) is 19.8 Å². The number of amides is 1. The third kappa shape index (κ3) is 4.93. The van der Waals surface area contributed by atoms with E-state index in [1.807, 2.05) is 24.0 Å². The van der Waals surface area contributed by atoms with E-state index in [9.17, 15) is 14.9 Å². The topological polar surface area (TPSA) is 75.9 Å². The van der Waals surface area contributed by atoms with Crippen LogP contribution in [0, 0.1) is 15.5 Å². The van der Waals surface area contributed by atoms with Crippen molar-refractivity contribution >= 4 is 11.6 Å². The van der Waals surface area contributed by atoms with Crippen LogP contribution in [0.25, 0.3) is 0 Å². The van der Waals surface area contributed by atoms with E-state index in [4.69, 9.17) is 4.74 Å². The number of para-hydroxylation sites is 1. The van der Waals surface area contributed by atoms with Crippen LogP contribution >= 0.6 is 0 Å². The van der Waals surface area contributed by atoms with Crippen LogP contribution in [0.5, 0.6) is 5.75 Å². The number of carbonyl (C=O) groups is 1. The summed E-state index contributed by atoms with van der Waals surface area (Å²) in [7, 11) is 0. The molecule has 0 aliphatic carbocycles. The van der Waals surface area contributed by atoms with E-state index >= 15 is 0 Å². The lowest BCUT2D eigenvalue weighted by atomic mass is 9.71. The molecular formula is C25H31N3O4. The van der Waals surface area contributed by atoms with E-state index in [0.29, 0.717) is 17.6 Å². The largest absolute Gasteiger partial charge is 0.494 e. The second kappa shape index (κ2) is 9.69. The van der Waals surface area contributed by atoms with Crippen molar-refractivity contribution in [1.82, 2.24) is 9.80 Å². The van der Waals surface area contributed by atoms with Gasteiger partial charge in [-0.05, 0) is 69.3 Å². The Morgan fingerprint density at radius 2 is 1.62 bits per heavy atom. The molecule has 2 heterocycles. The number of non-ortho nitro benzene ring substituents is 1. The van der Waals surface area contributed by atoms with Gasteiger partial charge in [-0.2, -0.15) is 0 Å². The molecule has 0 N–H and O–H groups in total. The molecule has 32 heavy (non-hydrogen) atoms. The summed E-state index contributed by atoms with van der Waals surface area (Å²) >= 11 is 0. The molecule has 7 heteroatoms. The molecule has 0 bridgehead atoms. The Bertz CT molecular complexity index is 942. The Morgan fingerprint density at radius 3 is 2.25 bits per heavy atom. The molecule has 1 spiro atoms. The average molecular weight is 438 g/mol. The number of hydrogen-bond acceptors (Lipinski definition) is 5. The molecule has 2 aromatic carbocycles. The minimum Gasteiger partial charge on any atom is -0.494 e. The zero-order chi connectivity index (χ0) is 22.6. The van der Waals surface area contributed by atoms with Crippen molar-refractivity contribution < 1.29 is 14.5 Å². The smallest absolute Gasteiger partial charge is 0.269 e. The second-order valence-electron chi connectivity index (χ2n) is 8.91. The Labute approximate surface area is 189 Å². The maximum atomic E-state index is 12.8. The summed E-state index contributed by atoms with van der Waals surface area (Å²) in [6, 6.07) is 14.2. The summed E-state index contributed by atoms with van der Waals surface area (Å²) in [6.07, 6.45) is 4.36. The molecule has 2 aromatic rings. The number of rotatable bonds is 6. The van der Waals surface area contributed by atoms with E-state index in [1.54, 1.807) is 12.1 Å². The number of benzene rings is 2. The third-order valence-electron chi connectivity index (χ3n) is 7.02. The number of nitro groups is 1. The normalized spacial score (nSPS) is 18.5.